The maximum absolute atomic E-state index is 13.1. The number of anilines is 3. The van der Waals surface area contributed by atoms with Gasteiger partial charge in [0, 0.05) is 41.8 Å². The van der Waals surface area contributed by atoms with Crippen LogP contribution in [0.3, 0.4) is 0 Å². The Morgan fingerprint density at radius 2 is 1.81 bits per heavy atom. The van der Waals surface area contributed by atoms with E-state index in [4.69, 9.17) is 16.5 Å². The molecule has 1 aromatic heterocycles. The monoisotopic (exact) mass is 492 g/mol. The molecule has 1 unspecified atom stereocenters. The fourth-order valence-corrected chi connectivity index (χ4v) is 4.36. The lowest BCUT2D eigenvalue weighted by atomic mass is 10.0. The predicted molar refractivity (Wildman–Crippen MR) is 127 cm³/mol. The first-order valence-corrected chi connectivity index (χ1v) is 10.4. The molecule has 0 radical (unpaired) electrons. The summed E-state index contributed by atoms with van der Waals surface area (Å²) >= 11 is 0. The molecule has 6 nitrogen and oxygen atoms in total. The van der Waals surface area contributed by atoms with Crippen molar-refractivity contribution in [3.8, 4) is 11.4 Å². The Kier molecular flexibility index (Phi) is 8.47. The Bertz CT molecular complexity index is 931. The molecule has 178 valence electrons. The number of nitrogens with zero attached hydrogens (tertiary/aromatic N) is 3. The van der Waals surface area contributed by atoms with Gasteiger partial charge < -0.3 is 21.7 Å². The van der Waals surface area contributed by atoms with Gasteiger partial charge in [-0.15, -0.1) is 24.8 Å². The van der Waals surface area contributed by atoms with Crippen LogP contribution in [-0.4, -0.2) is 35.6 Å². The molecular weight excluding hydrogens is 464 g/mol. The highest BCUT2D eigenvalue weighted by atomic mass is 35.5. The van der Waals surface area contributed by atoms with E-state index in [1.807, 2.05) is 0 Å². The van der Waals surface area contributed by atoms with Gasteiger partial charge in [0.2, 0.25) is 0 Å². The number of rotatable bonds is 5. The molecule has 1 saturated heterocycles. The van der Waals surface area contributed by atoms with Crippen LogP contribution in [0.4, 0.5) is 30.4 Å². The van der Waals surface area contributed by atoms with Gasteiger partial charge in [0.1, 0.15) is 5.82 Å². The van der Waals surface area contributed by atoms with Crippen molar-refractivity contribution in [1.82, 2.24) is 15.3 Å². The van der Waals surface area contributed by atoms with Crippen LogP contribution < -0.4 is 21.7 Å². The van der Waals surface area contributed by atoms with Crippen molar-refractivity contribution in [3.05, 3.63) is 29.0 Å². The lowest BCUT2D eigenvalue weighted by Crippen LogP contribution is -2.33. The summed E-state index contributed by atoms with van der Waals surface area (Å²) in [4.78, 5) is 11.7. The molecule has 1 aromatic carbocycles. The van der Waals surface area contributed by atoms with Crippen molar-refractivity contribution < 1.29 is 13.2 Å². The second-order valence-corrected chi connectivity index (χ2v) is 8.06. The van der Waals surface area contributed by atoms with Gasteiger partial charge in [-0.25, -0.2) is 9.97 Å². The molecule has 32 heavy (non-hydrogen) atoms. The number of fused-ring (bicyclic) bond motifs is 1. The first-order valence-electron chi connectivity index (χ1n) is 10.4. The summed E-state index contributed by atoms with van der Waals surface area (Å²) in [5.41, 5.74) is 13.4. The molecule has 0 saturated carbocycles. The maximum atomic E-state index is 13.1. The summed E-state index contributed by atoms with van der Waals surface area (Å²) in [6, 6.07) is 2.21. The molecule has 1 fully saturated rings. The number of alkyl halides is 3. The van der Waals surface area contributed by atoms with E-state index in [1.54, 1.807) is 0 Å². The Hall–Kier alpha value is -1.97. The first kappa shape index (κ1) is 26.3. The van der Waals surface area contributed by atoms with Crippen molar-refractivity contribution in [2.75, 3.05) is 36.0 Å². The van der Waals surface area contributed by atoms with E-state index in [-0.39, 0.29) is 41.8 Å². The van der Waals surface area contributed by atoms with E-state index >= 15 is 0 Å². The Morgan fingerprint density at radius 3 is 2.44 bits per heavy atom. The number of hydrogen-bond donors (Lipinski definition) is 3. The summed E-state index contributed by atoms with van der Waals surface area (Å²) in [7, 11) is 0. The van der Waals surface area contributed by atoms with Crippen LogP contribution in [-0.2, 0) is 19.0 Å². The molecular formula is C21H29Cl2F3N6. The number of aryl methyl sites for hydroxylation is 1. The lowest BCUT2D eigenvalue weighted by Gasteiger charge is -2.22. The summed E-state index contributed by atoms with van der Waals surface area (Å²) < 4.78 is 39.3. The van der Waals surface area contributed by atoms with E-state index in [2.05, 4.69) is 22.1 Å². The third-order valence-corrected chi connectivity index (χ3v) is 5.83. The van der Waals surface area contributed by atoms with Crippen molar-refractivity contribution in [1.29, 1.82) is 0 Å². The minimum Gasteiger partial charge on any atom is -0.398 e. The number of nitrogens with two attached hydrogens (primary N) is 2. The molecule has 1 aliphatic heterocycles. The highest BCUT2D eigenvalue weighted by Crippen LogP contribution is 2.40. The van der Waals surface area contributed by atoms with Crippen molar-refractivity contribution >= 4 is 42.0 Å². The largest absolute Gasteiger partial charge is 0.416 e. The van der Waals surface area contributed by atoms with E-state index in [0.717, 1.165) is 80.9 Å². The number of benzene rings is 1. The average Bonchev–Trinajstić information content (AvgIpc) is 3.33. The number of nitrogen functional groups attached to an aromatic ring is 2. The maximum Gasteiger partial charge on any atom is 0.416 e. The first-order chi connectivity index (χ1) is 14.3. The van der Waals surface area contributed by atoms with Gasteiger partial charge in [0.05, 0.1) is 11.1 Å². The van der Waals surface area contributed by atoms with E-state index in [1.165, 1.54) is 0 Å². The molecule has 2 aliphatic rings. The van der Waals surface area contributed by atoms with Crippen LogP contribution in [0.15, 0.2) is 12.1 Å². The van der Waals surface area contributed by atoms with Gasteiger partial charge in [0.15, 0.2) is 5.82 Å². The Morgan fingerprint density at radius 1 is 1.12 bits per heavy atom. The zero-order chi connectivity index (χ0) is 21.5. The van der Waals surface area contributed by atoms with E-state index in [0.29, 0.717) is 11.9 Å². The number of nitrogens with one attached hydrogen (secondary N) is 1. The zero-order valence-corrected chi connectivity index (χ0v) is 19.5. The van der Waals surface area contributed by atoms with Crippen LogP contribution in [0.1, 0.15) is 43.0 Å². The fourth-order valence-electron chi connectivity index (χ4n) is 4.36. The smallest absolute Gasteiger partial charge is 0.398 e. The van der Waals surface area contributed by atoms with E-state index < -0.39 is 11.7 Å². The molecule has 1 aliphatic carbocycles. The number of aromatic nitrogens is 2. The van der Waals surface area contributed by atoms with Gasteiger partial charge in [-0.05, 0) is 50.8 Å². The Balaban J connectivity index is 0.00000181. The summed E-state index contributed by atoms with van der Waals surface area (Å²) in [5.74, 6) is 1.17. The SMILES string of the molecule is CCCNC1CCN(c2nc(-c3c(N)cc(C(F)(F)F)cc3N)nc3c2CCC3)C1.Cl.Cl. The predicted octanol–water partition coefficient (Wildman–Crippen LogP) is 4.24. The highest BCUT2D eigenvalue weighted by molar-refractivity contribution is 5.86. The van der Waals surface area contributed by atoms with Gasteiger partial charge in [-0.1, -0.05) is 6.92 Å². The molecule has 0 amide bonds. The number of hydrogen-bond acceptors (Lipinski definition) is 6. The zero-order valence-electron chi connectivity index (χ0n) is 17.8. The molecule has 5 N–H and O–H groups in total. The molecule has 0 spiro atoms. The molecule has 2 aromatic rings. The Labute approximate surface area is 198 Å². The topological polar surface area (TPSA) is 93.1 Å². The number of halogens is 5. The minimum absolute atomic E-state index is 0. The summed E-state index contributed by atoms with van der Waals surface area (Å²) in [6.45, 7) is 4.84. The average molecular weight is 493 g/mol. The van der Waals surface area contributed by atoms with Crippen molar-refractivity contribution in [2.24, 2.45) is 0 Å². The second kappa shape index (κ2) is 10.3. The third-order valence-electron chi connectivity index (χ3n) is 5.83. The molecule has 11 heteroatoms. The highest BCUT2D eigenvalue weighted by Gasteiger charge is 2.33. The van der Waals surface area contributed by atoms with Gasteiger partial charge >= 0.3 is 6.18 Å². The fraction of sp³-hybridized carbons (Fsp3) is 0.524. The van der Waals surface area contributed by atoms with E-state index in [9.17, 15) is 13.2 Å². The van der Waals surface area contributed by atoms with Crippen LogP contribution in [0, 0.1) is 0 Å². The van der Waals surface area contributed by atoms with Crippen molar-refractivity contribution in [3.63, 3.8) is 0 Å². The molecule has 4 rings (SSSR count). The standard InChI is InChI=1S/C21H27F3N6.2ClH/c1-2-7-27-13-6-8-30(11-13)20-14-4-3-5-17(14)28-19(29-20)18-15(25)9-12(10-16(18)26)21(22,23)24;;/h9-10,13,27H,2-8,11,25-26H2,1H3;2*1H. The normalized spacial score (nSPS) is 17.6. The minimum atomic E-state index is -4.51. The van der Waals surface area contributed by atoms with Crippen LogP contribution >= 0.6 is 24.8 Å². The van der Waals surface area contributed by atoms with Gasteiger partial charge in [-0.3, -0.25) is 0 Å². The van der Waals surface area contributed by atoms with Crippen molar-refractivity contribution in [2.45, 2.75) is 51.2 Å². The molecule has 0 bridgehead atoms. The van der Waals surface area contributed by atoms with Gasteiger partial charge in [-0.2, -0.15) is 13.2 Å². The van der Waals surface area contributed by atoms with Crippen LogP contribution in [0.25, 0.3) is 11.4 Å². The second-order valence-electron chi connectivity index (χ2n) is 8.06. The quantitative estimate of drug-likeness (QED) is 0.540. The third kappa shape index (κ3) is 5.15. The summed E-state index contributed by atoms with van der Waals surface area (Å²) in [5, 5.41) is 3.55. The van der Waals surface area contributed by atoms with Crippen LogP contribution in [0.5, 0.6) is 0 Å². The molecule has 1 atom stereocenters. The lowest BCUT2D eigenvalue weighted by molar-refractivity contribution is -0.137. The van der Waals surface area contributed by atoms with Crippen LogP contribution in [0.2, 0.25) is 0 Å². The van der Waals surface area contributed by atoms with Gasteiger partial charge in [0.25, 0.3) is 0 Å². The summed E-state index contributed by atoms with van der Waals surface area (Å²) in [6.07, 6.45) is 0.315. The molecule has 2 heterocycles.